The molecule has 1 fully saturated rings. The first-order chi connectivity index (χ1) is 13.0. The zero-order valence-electron chi connectivity index (χ0n) is 14.8. The maximum atomic E-state index is 12.7. The molecule has 1 saturated heterocycles. The molecule has 0 radical (unpaired) electrons. The maximum Gasteiger partial charge on any atom is 0.229 e. The molecule has 2 aliphatic heterocycles. The monoisotopic (exact) mass is 430 g/mol. The van der Waals surface area contributed by atoms with Crippen molar-refractivity contribution in [2.24, 2.45) is 5.92 Å². The van der Waals surface area contributed by atoms with Crippen molar-refractivity contribution in [3.05, 3.63) is 46.4 Å². The molecule has 4 rings (SSSR count). The summed E-state index contributed by atoms with van der Waals surface area (Å²) in [6.45, 7) is 3.33. The number of ether oxygens (including phenoxy) is 2. The molecule has 27 heavy (non-hydrogen) atoms. The molecular formula is C20H19BrN2O4. The van der Waals surface area contributed by atoms with E-state index >= 15 is 0 Å². The number of fused-ring (bicyclic) bond motifs is 1. The summed E-state index contributed by atoms with van der Waals surface area (Å²) in [6, 6.07) is 11.1. The number of carbonyl (C=O) groups is 2. The van der Waals surface area contributed by atoms with E-state index in [4.69, 9.17) is 9.47 Å². The first-order valence-electron chi connectivity index (χ1n) is 8.78. The first-order valence-corrected chi connectivity index (χ1v) is 9.57. The largest absolute Gasteiger partial charge is 0.486 e. The standard InChI is InChI=1S/C20H19BrN2O4/c1-12-2-4-16(15(21)8-12)22-20(25)13-9-19(24)23(11-13)14-3-5-17-18(10-14)27-7-6-26-17/h2-5,8,10,13H,6-7,9,11H2,1H3,(H,22,25)/t13-/m0/s1. The highest BCUT2D eigenvalue weighted by Crippen LogP contribution is 2.36. The van der Waals surface area contributed by atoms with Gasteiger partial charge >= 0.3 is 0 Å². The van der Waals surface area contributed by atoms with Gasteiger partial charge in [0, 0.05) is 29.2 Å². The number of nitrogens with zero attached hydrogens (tertiary/aromatic N) is 1. The van der Waals surface area contributed by atoms with Crippen molar-refractivity contribution in [2.45, 2.75) is 13.3 Å². The fourth-order valence-electron chi connectivity index (χ4n) is 3.29. The van der Waals surface area contributed by atoms with Gasteiger partial charge in [-0.3, -0.25) is 9.59 Å². The molecule has 6 nitrogen and oxygen atoms in total. The lowest BCUT2D eigenvalue weighted by molar-refractivity contribution is -0.122. The molecule has 2 heterocycles. The Kier molecular flexibility index (Phi) is 4.78. The molecule has 2 aromatic carbocycles. The zero-order chi connectivity index (χ0) is 19.0. The number of halogens is 1. The number of carbonyl (C=O) groups excluding carboxylic acids is 2. The van der Waals surface area contributed by atoms with Crippen LogP contribution in [0.2, 0.25) is 0 Å². The van der Waals surface area contributed by atoms with Gasteiger partial charge in [0.05, 0.1) is 11.6 Å². The average Bonchev–Trinajstić information content (AvgIpc) is 3.05. The van der Waals surface area contributed by atoms with Gasteiger partial charge in [0.15, 0.2) is 11.5 Å². The van der Waals surface area contributed by atoms with E-state index in [2.05, 4.69) is 21.2 Å². The normalized spacial score (nSPS) is 18.5. The van der Waals surface area contributed by atoms with Crippen LogP contribution < -0.4 is 19.7 Å². The Morgan fingerprint density at radius 3 is 2.70 bits per heavy atom. The fourth-order valence-corrected chi connectivity index (χ4v) is 3.88. The summed E-state index contributed by atoms with van der Waals surface area (Å²) >= 11 is 3.46. The summed E-state index contributed by atoms with van der Waals surface area (Å²) < 4.78 is 11.9. The highest BCUT2D eigenvalue weighted by Gasteiger charge is 2.35. The van der Waals surface area contributed by atoms with Gasteiger partial charge in [-0.25, -0.2) is 0 Å². The number of benzene rings is 2. The molecule has 0 saturated carbocycles. The van der Waals surface area contributed by atoms with Crippen LogP contribution in [-0.4, -0.2) is 31.6 Å². The number of anilines is 2. The Hall–Kier alpha value is -2.54. The molecule has 0 aliphatic carbocycles. The SMILES string of the molecule is Cc1ccc(NC(=O)[C@H]2CC(=O)N(c3ccc4c(c3)OCCO4)C2)c(Br)c1. The maximum absolute atomic E-state index is 12.7. The van der Waals surface area contributed by atoms with Crippen LogP contribution in [0.25, 0.3) is 0 Å². The van der Waals surface area contributed by atoms with Crippen molar-refractivity contribution in [3.63, 3.8) is 0 Å². The van der Waals surface area contributed by atoms with Gasteiger partial charge < -0.3 is 19.7 Å². The third kappa shape index (κ3) is 3.64. The molecular weight excluding hydrogens is 412 g/mol. The van der Waals surface area contributed by atoms with Gasteiger partial charge in [0.2, 0.25) is 11.8 Å². The second kappa shape index (κ2) is 7.23. The Morgan fingerprint density at radius 1 is 1.15 bits per heavy atom. The van der Waals surface area contributed by atoms with Gasteiger partial charge in [0.1, 0.15) is 13.2 Å². The van der Waals surface area contributed by atoms with E-state index in [-0.39, 0.29) is 18.2 Å². The van der Waals surface area contributed by atoms with Crippen LogP contribution in [0.5, 0.6) is 11.5 Å². The minimum Gasteiger partial charge on any atom is -0.486 e. The topological polar surface area (TPSA) is 67.9 Å². The molecule has 1 atom stereocenters. The quantitative estimate of drug-likeness (QED) is 0.808. The van der Waals surface area contributed by atoms with Crippen LogP contribution in [0.1, 0.15) is 12.0 Å². The first kappa shape index (κ1) is 17.9. The number of aryl methyl sites for hydroxylation is 1. The minimum absolute atomic E-state index is 0.0743. The molecule has 0 spiro atoms. The predicted molar refractivity (Wildman–Crippen MR) is 105 cm³/mol. The van der Waals surface area contributed by atoms with Crippen LogP contribution in [0.3, 0.4) is 0 Å². The third-order valence-corrected chi connectivity index (χ3v) is 5.37. The second-order valence-electron chi connectivity index (χ2n) is 6.71. The second-order valence-corrected chi connectivity index (χ2v) is 7.56. The van der Waals surface area contributed by atoms with E-state index in [1.54, 1.807) is 17.0 Å². The summed E-state index contributed by atoms with van der Waals surface area (Å²) in [5.74, 6) is 0.667. The lowest BCUT2D eigenvalue weighted by Crippen LogP contribution is -2.28. The Labute approximate surface area is 165 Å². The zero-order valence-corrected chi connectivity index (χ0v) is 16.4. The number of rotatable bonds is 3. The number of nitrogens with one attached hydrogen (secondary N) is 1. The van der Waals surface area contributed by atoms with Crippen molar-refractivity contribution in [2.75, 3.05) is 30.0 Å². The molecule has 0 unspecified atom stereocenters. The van der Waals surface area contributed by atoms with Crippen LogP contribution in [0, 0.1) is 12.8 Å². The average molecular weight is 431 g/mol. The van der Waals surface area contributed by atoms with Crippen LogP contribution in [0.15, 0.2) is 40.9 Å². The van der Waals surface area contributed by atoms with Gasteiger partial charge in [-0.05, 0) is 52.7 Å². The van der Waals surface area contributed by atoms with Crippen molar-refractivity contribution >= 4 is 39.1 Å². The summed E-state index contributed by atoms with van der Waals surface area (Å²) in [7, 11) is 0. The van der Waals surface area contributed by atoms with E-state index in [0.29, 0.717) is 36.9 Å². The molecule has 7 heteroatoms. The highest BCUT2D eigenvalue weighted by molar-refractivity contribution is 9.10. The van der Waals surface area contributed by atoms with E-state index < -0.39 is 5.92 Å². The molecule has 2 aliphatic rings. The third-order valence-electron chi connectivity index (χ3n) is 4.72. The van der Waals surface area contributed by atoms with Gasteiger partial charge in [0.25, 0.3) is 0 Å². The number of hydrogen-bond acceptors (Lipinski definition) is 4. The van der Waals surface area contributed by atoms with Crippen molar-refractivity contribution in [1.82, 2.24) is 0 Å². The summed E-state index contributed by atoms with van der Waals surface area (Å²) in [4.78, 5) is 26.8. The number of hydrogen-bond donors (Lipinski definition) is 1. The Balaban J connectivity index is 1.48. The lowest BCUT2D eigenvalue weighted by Gasteiger charge is -2.22. The van der Waals surface area contributed by atoms with E-state index in [1.807, 2.05) is 31.2 Å². The van der Waals surface area contributed by atoms with Crippen LogP contribution in [-0.2, 0) is 9.59 Å². The van der Waals surface area contributed by atoms with Gasteiger partial charge in [-0.1, -0.05) is 6.07 Å². The molecule has 0 bridgehead atoms. The summed E-state index contributed by atoms with van der Waals surface area (Å²) in [5.41, 5.74) is 2.52. The number of amides is 2. The van der Waals surface area contributed by atoms with E-state index in [1.165, 1.54) is 0 Å². The smallest absolute Gasteiger partial charge is 0.229 e. The van der Waals surface area contributed by atoms with Crippen molar-refractivity contribution in [1.29, 1.82) is 0 Å². The highest BCUT2D eigenvalue weighted by atomic mass is 79.9. The molecule has 0 aromatic heterocycles. The van der Waals surface area contributed by atoms with Gasteiger partial charge in [-0.15, -0.1) is 0 Å². The van der Waals surface area contributed by atoms with Crippen molar-refractivity contribution in [3.8, 4) is 11.5 Å². The minimum atomic E-state index is -0.404. The van der Waals surface area contributed by atoms with Crippen LogP contribution >= 0.6 is 15.9 Å². The van der Waals surface area contributed by atoms with Crippen LogP contribution in [0.4, 0.5) is 11.4 Å². The molecule has 140 valence electrons. The van der Waals surface area contributed by atoms with E-state index in [0.717, 1.165) is 15.7 Å². The fraction of sp³-hybridized carbons (Fsp3) is 0.300. The predicted octanol–water partition coefficient (Wildman–Crippen LogP) is 3.52. The molecule has 1 N–H and O–H groups in total. The van der Waals surface area contributed by atoms with Crippen molar-refractivity contribution < 1.29 is 19.1 Å². The Morgan fingerprint density at radius 2 is 1.93 bits per heavy atom. The summed E-state index contributed by atoms with van der Waals surface area (Å²) in [5, 5.41) is 2.91. The van der Waals surface area contributed by atoms with E-state index in [9.17, 15) is 9.59 Å². The molecule has 2 amide bonds. The summed E-state index contributed by atoms with van der Waals surface area (Å²) in [6.07, 6.45) is 0.184. The molecule has 2 aromatic rings. The Bertz CT molecular complexity index is 915. The lowest BCUT2D eigenvalue weighted by atomic mass is 10.1. The van der Waals surface area contributed by atoms with Gasteiger partial charge in [-0.2, -0.15) is 0 Å².